The van der Waals surface area contributed by atoms with Gasteiger partial charge in [-0.3, -0.25) is 10.1 Å². The average molecular weight is 346 g/mol. The van der Waals surface area contributed by atoms with Gasteiger partial charge in [0.25, 0.3) is 0 Å². The number of rotatable bonds is 3. The van der Waals surface area contributed by atoms with Crippen molar-refractivity contribution < 1.29 is 4.92 Å². The number of nitro groups is 1. The summed E-state index contributed by atoms with van der Waals surface area (Å²) >= 11 is 2.03. The Labute approximate surface area is 135 Å². The summed E-state index contributed by atoms with van der Waals surface area (Å²) in [5, 5.41) is 11.8. The summed E-state index contributed by atoms with van der Waals surface area (Å²) in [5.41, 5.74) is 7.30. The van der Waals surface area contributed by atoms with Crippen LogP contribution in [0.5, 0.6) is 0 Å². The van der Waals surface area contributed by atoms with Crippen LogP contribution in [0.25, 0.3) is 22.2 Å². The fraction of sp³-hybridized carbons (Fsp3) is 0. The van der Waals surface area contributed by atoms with Crippen LogP contribution >= 0.6 is 23.5 Å². The number of aromatic nitrogens is 6. The highest BCUT2D eigenvalue weighted by molar-refractivity contribution is 7.99. The first-order chi connectivity index (χ1) is 11.1. The number of hydrogen-bond donors (Lipinski definition) is 2. The molecular formula is C11H6N8O2S2. The van der Waals surface area contributed by atoms with Crippen LogP contribution in [-0.2, 0) is 0 Å². The Morgan fingerprint density at radius 3 is 2.96 bits per heavy atom. The number of anilines is 1. The van der Waals surface area contributed by atoms with Crippen molar-refractivity contribution in [1.29, 1.82) is 0 Å². The van der Waals surface area contributed by atoms with Gasteiger partial charge in [-0.1, -0.05) is 0 Å². The topological polar surface area (TPSA) is 149 Å². The second-order valence-corrected chi connectivity index (χ2v) is 5.96. The molecule has 4 rings (SSSR count). The van der Waals surface area contributed by atoms with Gasteiger partial charge in [-0.15, -0.1) is 0 Å². The van der Waals surface area contributed by atoms with Crippen molar-refractivity contribution in [2.24, 2.45) is 0 Å². The normalized spacial score (nSPS) is 11.3. The zero-order valence-electron chi connectivity index (χ0n) is 11.1. The van der Waals surface area contributed by atoms with Gasteiger partial charge in [0.05, 0.1) is 21.5 Å². The summed E-state index contributed by atoms with van der Waals surface area (Å²) in [6.45, 7) is 0. The highest BCUT2D eigenvalue weighted by Crippen LogP contribution is 2.38. The molecule has 12 heteroatoms. The van der Waals surface area contributed by atoms with Gasteiger partial charge in [-0.25, -0.2) is 15.0 Å². The smallest absolute Gasteiger partial charge is 0.312 e. The van der Waals surface area contributed by atoms with E-state index < -0.39 is 4.92 Å². The lowest BCUT2D eigenvalue weighted by Gasteiger charge is -2.00. The molecule has 0 aliphatic rings. The van der Waals surface area contributed by atoms with Crippen LogP contribution in [0.3, 0.4) is 0 Å². The van der Waals surface area contributed by atoms with E-state index in [9.17, 15) is 10.1 Å². The molecule has 3 N–H and O–H groups in total. The number of H-pyrrole nitrogens is 1. The molecule has 0 aliphatic carbocycles. The maximum Gasteiger partial charge on any atom is 0.312 e. The number of nitro benzene ring substituents is 1. The number of nitrogens with two attached hydrogens (primary N) is 1. The minimum Gasteiger partial charge on any atom is -0.382 e. The van der Waals surface area contributed by atoms with Crippen LogP contribution < -0.4 is 5.73 Å². The first kappa shape index (κ1) is 13.8. The highest BCUT2D eigenvalue weighted by Gasteiger charge is 2.23. The molecule has 0 saturated heterocycles. The van der Waals surface area contributed by atoms with Crippen LogP contribution in [0.2, 0.25) is 0 Å². The predicted octanol–water partition coefficient (Wildman–Crippen LogP) is 2.00. The second kappa shape index (κ2) is 5.10. The number of nitrogen functional groups attached to an aromatic ring is 1. The number of hydrogen-bond acceptors (Lipinski definition) is 10. The maximum absolute atomic E-state index is 11.4. The van der Waals surface area contributed by atoms with Crippen LogP contribution in [0.4, 0.5) is 11.5 Å². The van der Waals surface area contributed by atoms with E-state index in [1.807, 2.05) is 0 Å². The number of imidazole rings is 1. The van der Waals surface area contributed by atoms with E-state index >= 15 is 0 Å². The number of aromatic amines is 1. The standard InChI is InChI=1S/C11H6N8O2S2/c12-9-7-10(14-3-13-9)16-11(15-7)22-5-2-1-4-6(18-23-17-4)8(5)19(20)21/h1-3H,(H3,12,13,14,15,16). The van der Waals surface area contributed by atoms with Crippen molar-refractivity contribution in [2.75, 3.05) is 5.73 Å². The van der Waals surface area contributed by atoms with E-state index in [-0.39, 0.29) is 17.0 Å². The molecule has 3 heterocycles. The second-order valence-electron chi connectivity index (χ2n) is 4.40. The third kappa shape index (κ3) is 2.24. The average Bonchev–Trinajstić information content (AvgIpc) is 3.13. The molecule has 0 amide bonds. The molecule has 10 nitrogen and oxygen atoms in total. The van der Waals surface area contributed by atoms with E-state index in [4.69, 9.17) is 5.73 Å². The molecule has 3 aromatic heterocycles. The monoisotopic (exact) mass is 346 g/mol. The molecular weight excluding hydrogens is 340 g/mol. The third-order valence-electron chi connectivity index (χ3n) is 3.05. The van der Waals surface area contributed by atoms with Crippen molar-refractivity contribution in [2.45, 2.75) is 10.1 Å². The number of benzene rings is 1. The molecule has 0 atom stereocenters. The van der Waals surface area contributed by atoms with E-state index in [0.29, 0.717) is 26.7 Å². The minimum absolute atomic E-state index is 0.0965. The zero-order chi connectivity index (χ0) is 16.0. The zero-order valence-corrected chi connectivity index (χ0v) is 12.8. The molecule has 4 aromatic rings. The van der Waals surface area contributed by atoms with Gasteiger partial charge in [0.15, 0.2) is 22.1 Å². The predicted molar refractivity (Wildman–Crippen MR) is 84.3 cm³/mol. The Morgan fingerprint density at radius 1 is 1.30 bits per heavy atom. The summed E-state index contributed by atoms with van der Waals surface area (Å²) < 4.78 is 8.02. The number of nitrogens with zero attached hydrogens (tertiary/aromatic N) is 6. The maximum atomic E-state index is 11.4. The molecule has 0 saturated carbocycles. The number of nitrogens with one attached hydrogen (secondary N) is 1. The molecule has 0 fully saturated rings. The minimum atomic E-state index is -0.469. The largest absolute Gasteiger partial charge is 0.382 e. The first-order valence-electron chi connectivity index (χ1n) is 6.17. The Hall–Kier alpha value is -2.86. The van der Waals surface area contributed by atoms with E-state index in [0.717, 1.165) is 23.5 Å². The Bertz CT molecular complexity index is 1060. The summed E-state index contributed by atoms with van der Waals surface area (Å²) in [6, 6.07) is 3.31. The SMILES string of the molecule is Nc1ncnc2nc(Sc3ccc4nsnc4c3[N+](=O)[O-])[nH]c12. The molecule has 0 aliphatic heterocycles. The van der Waals surface area contributed by atoms with Crippen molar-refractivity contribution in [1.82, 2.24) is 28.7 Å². The van der Waals surface area contributed by atoms with Gasteiger partial charge >= 0.3 is 5.69 Å². The summed E-state index contributed by atoms with van der Waals surface area (Å²) in [4.78, 5) is 26.4. The molecule has 0 radical (unpaired) electrons. The van der Waals surface area contributed by atoms with Crippen molar-refractivity contribution in [3.05, 3.63) is 28.6 Å². The lowest BCUT2D eigenvalue weighted by atomic mass is 10.3. The van der Waals surface area contributed by atoms with Crippen LogP contribution in [0, 0.1) is 10.1 Å². The first-order valence-corrected chi connectivity index (χ1v) is 7.72. The third-order valence-corrected chi connectivity index (χ3v) is 4.53. The molecule has 0 spiro atoms. The van der Waals surface area contributed by atoms with Crippen LogP contribution in [-0.4, -0.2) is 33.6 Å². The summed E-state index contributed by atoms with van der Waals surface area (Å²) in [6.07, 6.45) is 1.31. The quantitative estimate of drug-likeness (QED) is 0.419. The van der Waals surface area contributed by atoms with Gasteiger partial charge in [-0.2, -0.15) is 8.75 Å². The van der Waals surface area contributed by atoms with Crippen molar-refractivity contribution in [3.8, 4) is 0 Å². The fourth-order valence-corrected chi connectivity index (χ4v) is 3.49. The van der Waals surface area contributed by atoms with Crippen LogP contribution in [0.15, 0.2) is 28.5 Å². The van der Waals surface area contributed by atoms with Crippen LogP contribution in [0.1, 0.15) is 0 Å². The van der Waals surface area contributed by atoms with Gasteiger partial charge in [0.1, 0.15) is 17.4 Å². The van der Waals surface area contributed by atoms with Gasteiger partial charge in [0.2, 0.25) is 0 Å². The lowest BCUT2D eigenvalue weighted by Crippen LogP contribution is -1.93. The van der Waals surface area contributed by atoms with Crippen molar-refractivity contribution >= 4 is 57.2 Å². The van der Waals surface area contributed by atoms with Crippen molar-refractivity contribution in [3.63, 3.8) is 0 Å². The van der Waals surface area contributed by atoms with Gasteiger partial charge in [0, 0.05) is 0 Å². The number of fused-ring (bicyclic) bond motifs is 2. The lowest BCUT2D eigenvalue weighted by molar-refractivity contribution is -0.386. The molecule has 0 unspecified atom stereocenters. The fourth-order valence-electron chi connectivity index (χ4n) is 2.06. The van der Waals surface area contributed by atoms with E-state index in [1.165, 1.54) is 6.33 Å². The molecule has 23 heavy (non-hydrogen) atoms. The van der Waals surface area contributed by atoms with E-state index in [1.54, 1.807) is 12.1 Å². The Morgan fingerprint density at radius 2 is 2.17 bits per heavy atom. The van der Waals surface area contributed by atoms with Gasteiger partial charge < -0.3 is 10.7 Å². The van der Waals surface area contributed by atoms with E-state index in [2.05, 4.69) is 28.7 Å². The van der Waals surface area contributed by atoms with Gasteiger partial charge in [-0.05, 0) is 23.9 Å². The Balaban J connectivity index is 1.84. The highest BCUT2D eigenvalue weighted by atomic mass is 32.2. The molecule has 0 bridgehead atoms. The Kier molecular flexibility index (Phi) is 3.06. The summed E-state index contributed by atoms with van der Waals surface area (Å²) in [5.74, 6) is 0.267. The molecule has 114 valence electrons. The molecule has 1 aromatic carbocycles. The summed E-state index contributed by atoms with van der Waals surface area (Å²) in [7, 11) is 0.